The summed E-state index contributed by atoms with van der Waals surface area (Å²) in [5.74, 6) is -1.17. The van der Waals surface area contributed by atoms with Gasteiger partial charge in [-0.1, -0.05) is 51.7 Å². The molecule has 0 aliphatic carbocycles. The number of rotatable bonds is 8. The van der Waals surface area contributed by atoms with Crippen molar-refractivity contribution < 1.29 is 32.4 Å². The Balaban J connectivity index is 2.40. The molecule has 12 heteroatoms. The van der Waals surface area contributed by atoms with Crippen LogP contribution < -0.4 is 10.1 Å². The zero-order chi connectivity index (χ0) is 24.8. The third-order valence-corrected chi connectivity index (χ3v) is 4.95. The third-order valence-electron chi connectivity index (χ3n) is 4.34. The largest absolute Gasteiger partial charge is 0.573 e. The SMILES string of the molecule is CNC(=O)/C(=N/OC)c1cccc(C)c1CO/N=C(\C)c1c(Cl)ccc(Cl)c1OC(F)(F)F. The molecule has 0 spiro atoms. The lowest BCUT2D eigenvalue weighted by Crippen LogP contribution is -2.29. The molecule has 0 unspecified atom stereocenters. The lowest BCUT2D eigenvalue weighted by atomic mass is 9.98. The van der Waals surface area contributed by atoms with Crippen LogP contribution in [-0.4, -0.2) is 37.9 Å². The molecule has 0 radical (unpaired) electrons. The fourth-order valence-electron chi connectivity index (χ4n) is 2.86. The van der Waals surface area contributed by atoms with Gasteiger partial charge < -0.3 is 19.7 Å². The van der Waals surface area contributed by atoms with Crippen LogP contribution in [0.15, 0.2) is 40.6 Å². The molecule has 1 amide bonds. The number of benzene rings is 2. The number of nitrogens with one attached hydrogen (secondary N) is 1. The van der Waals surface area contributed by atoms with Crippen molar-refractivity contribution in [3.63, 3.8) is 0 Å². The predicted molar refractivity (Wildman–Crippen MR) is 119 cm³/mol. The number of ether oxygens (including phenoxy) is 1. The van der Waals surface area contributed by atoms with Gasteiger partial charge in [0.15, 0.2) is 11.5 Å². The molecule has 2 aromatic rings. The van der Waals surface area contributed by atoms with Crippen molar-refractivity contribution in [3.05, 3.63) is 62.6 Å². The van der Waals surface area contributed by atoms with Crippen LogP contribution in [0.5, 0.6) is 5.75 Å². The van der Waals surface area contributed by atoms with E-state index in [2.05, 4.69) is 20.4 Å². The summed E-state index contributed by atoms with van der Waals surface area (Å²) in [6, 6.07) is 7.66. The second-order valence-corrected chi connectivity index (χ2v) is 7.35. The lowest BCUT2D eigenvalue weighted by Gasteiger charge is -2.16. The minimum absolute atomic E-state index is 0.00559. The summed E-state index contributed by atoms with van der Waals surface area (Å²) in [6.45, 7) is 3.05. The van der Waals surface area contributed by atoms with Crippen molar-refractivity contribution in [2.75, 3.05) is 14.2 Å². The second kappa shape index (κ2) is 11.2. The molecule has 2 rings (SSSR count). The first-order valence-electron chi connectivity index (χ1n) is 9.32. The van der Waals surface area contributed by atoms with Crippen LogP contribution in [0.3, 0.4) is 0 Å². The summed E-state index contributed by atoms with van der Waals surface area (Å²) < 4.78 is 42.6. The Bertz CT molecular complexity index is 1090. The number of hydrogen-bond acceptors (Lipinski definition) is 6. The normalized spacial score (nSPS) is 12.4. The molecule has 2 aromatic carbocycles. The summed E-state index contributed by atoms with van der Waals surface area (Å²) >= 11 is 12.0. The number of amides is 1. The van der Waals surface area contributed by atoms with E-state index in [-0.39, 0.29) is 33.6 Å². The Morgan fingerprint density at radius 2 is 1.79 bits per heavy atom. The van der Waals surface area contributed by atoms with Crippen molar-refractivity contribution >= 4 is 40.5 Å². The molecular formula is C21H20Cl2F3N3O4. The minimum atomic E-state index is -4.99. The summed E-state index contributed by atoms with van der Waals surface area (Å²) in [7, 11) is 2.75. The van der Waals surface area contributed by atoms with Crippen molar-refractivity contribution in [2.24, 2.45) is 10.3 Å². The summed E-state index contributed by atoms with van der Waals surface area (Å²) in [4.78, 5) is 22.4. The van der Waals surface area contributed by atoms with E-state index in [1.807, 2.05) is 0 Å². The quantitative estimate of drug-likeness (QED) is 0.393. The molecule has 0 saturated carbocycles. The average Bonchev–Trinajstić information content (AvgIpc) is 2.74. The molecule has 0 atom stereocenters. The lowest BCUT2D eigenvalue weighted by molar-refractivity contribution is -0.274. The van der Waals surface area contributed by atoms with Crippen LogP contribution in [0.4, 0.5) is 13.2 Å². The molecule has 7 nitrogen and oxygen atoms in total. The minimum Gasteiger partial charge on any atom is -0.403 e. The first-order valence-corrected chi connectivity index (χ1v) is 10.1. The van der Waals surface area contributed by atoms with Gasteiger partial charge in [-0.15, -0.1) is 13.2 Å². The van der Waals surface area contributed by atoms with E-state index in [4.69, 9.17) is 32.9 Å². The van der Waals surface area contributed by atoms with Gasteiger partial charge in [0.25, 0.3) is 5.91 Å². The van der Waals surface area contributed by atoms with E-state index < -0.39 is 18.0 Å². The zero-order valence-corrected chi connectivity index (χ0v) is 19.5. The Morgan fingerprint density at radius 3 is 2.39 bits per heavy atom. The van der Waals surface area contributed by atoms with Gasteiger partial charge in [0.2, 0.25) is 0 Å². The summed E-state index contributed by atoms with van der Waals surface area (Å²) in [5, 5.41) is 9.79. The Kier molecular flexibility index (Phi) is 8.95. The molecule has 1 N–H and O–H groups in total. The van der Waals surface area contributed by atoms with Gasteiger partial charge in [0, 0.05) is 18.2 Å². The Hall–Kier alpha value is -2.98. The zero-order valence-electron chi connectivity index (χ0n) is 18.0. The van der Waals surface area contributed by atoms with Gasteiger partial charge in [0.1, 0.15) is 13.7 Å². The highest BCUT2D eigenvalue weighted by molar-refractivity contribution is 6.45. The van der Waals surface area contributed by atoms with Crippen molar-refractivity contribution in [2.45, 2.75) is 26.8 Å². The first-order chi connectivity index (χ1) is 15.5. The number of likely N-dealkylation sites (N-methyl/N-ethyl adjacent to an activating group) is 1. The van der Waals surface area contributed by atoms with Gasteiger partial charge in [-0.25, -0.2) is 0 Å². The van der Waals surface area contributed by atoms with E-state index in [1.165, 1.54) is 33.2 Å². The number of nitrogens with zero attached hydrogens (tertiary/aromatic N) is 2. The third kappa shape index (κ3) is 6.75. The van der Waals surface area contributed by atoms with Crippen LogP contribution in [0.25, 0.3) is 0 Å². The summed E-state index contributed by atoms with van der Waals surface area (Å²) in [6.07, 6.45) is -4.99. The van der Waals surface area contributed by atoms with E-state index in [1.54, 1.807) is 25.1 Å². The number of aryl methyl sites for hydroxylation is 1. The molecule has 0 fully saturated rings. The van der Waals surface area contributed by atoms with E-state index >= 15 is 0 Å². The van der Waals surface area contributed by atoms with Crippen LogP contribution >= 0.6 is 23.2 Å². The van der Waals surface area contributed by atoms with Crippen LogP contribution in [0.1, 0.15) is 29.2 Å². The molecule has 0 aromatic heterocycles. The second-order valence-electron chi connectivity index (χ2n) is 6.53. The maximum atomic E-state index is 12.8. The molecule has 0 bridgehead atoms. The average molecular weight is 506 g/mol. The van der Waals surface area contributed by atoms with Crippen molar-refractivity contribution in [1.29, 1.82) is 0 Å². The van der Waals surface area contributed by atoms with E-state index in [9.17, 15) is 18.0 Å². The van der Waals surface area contributed by atoms with Crippen LogP contribution in [-0.2, 0) is 21.1 Å². The van der Waals surface area contributed by atoms with Gasteiger partial charge in [0.05, 0.1) is 21.3 Å². The van der Waals surface area contributed by atoms with Crippen LogP contribution in [0, 0.1) is 6.92 Å². The Labute approximate surface area is 198 Å². The van der Waals surface area contributed by atoms with Gasteiger partial charge in [-0.2, -0.15) is 0 Å². The molecule has 0 aliphatic heterocycles. The van der Waals surface area contributed by atoms with Gasteiger partial charge in [-0.3, -0.25) is 4.79 Å². The van der Waals surface area contributed by atoms with E-state index in [0.717, 1.165) is 5.56 Å². The maximum absolute atomic E-state index is 12.8. The molecule has 0 aliphatic rings. The number of alkyl halides is 3. The van der Waals surface area contributed by atoms with Crippen molar-refractivity contribution in [1.82, 2.24) is 5.32 Å². The predicted octanol–water partition coefficient (Wildman–Crippen LogP) is 5.24. The highest BCUT2D eigenvalue weighted by atomic mass is 35.5. The molecule has 33 heavy (non-hydrogen) atoms. The van der Waals surface area contributed by atoms with Crippen molar-refractivity contribution in [3.8, 4) is 5.75 Å². The monoisotopic (exact) mass is 505 g/mol. The highest BCUT2D eigenvalue weighted by Gasteiger charge is 2.34. The number of hydrogen-bond donors (Lipinski definition) is 1. The van der Waals surface area contributed by atoms with Gasteiger partial charge >= 0.3 is 6.36 Å². The fourth-order valence-corrected chi connectivity index (χ4v) is 3.35. The summed E-state index contributed by atoms with van der Waals surface area (Å²) in [5.41, 5.74) is 1.60. The van der Waals surface area contributed by atoms with Gasteiger partial charge in [-0.05, 0) is 31.5 Å². The number of carbonyl (C=O) groups is 1. The molecule has 0 heterocycles. The fraction of sp³-hybridized carbons (Fsp3) is 0.286. The highest BCUT2D eigenvalue weighted by Crippen LogP contribution is 2.38. The number of carbonyl (C=O) groups excluding carboxylic acids is 1. The maximum Gasteiger partial charge on any atom is 0.573 e. The smallest absolute Gasteiger partial charge is 0.403 e. The van der Waals surface area contributed by atoms with Crippen LogP contribution in [0.2, 0.25) is 10.0 Å². The Morgan fingerprint density at radius 1 is 1.12 bits per heavy atom. The molecule has 178 valence electrons. The standard InChI is InChI=1S/C21H20Cl2F3N3O4/c1-11-6-5-7-13(18(29-31-4)20(30)27-3)14(11)10-32-28-12(2)17-15(22)8-9-16(23)19(17)33-21(24,25)26/h5-9H,10H2,1-4H3,(H,27,30)/b28-12+,29-18+. The molecule has 0 saturated heterocycles. The number of halogens is 5. The van der Waals surface area contributed by atoms with E-state index in [0.29, 0.717) is 11.1 Å². The molecular weight excluding hydrogens is 486 g/mol. The topological polar surface area (TPSA) is 81.5 Å². The number of oxime groups is 2. The first kappa shape index (κ1) is 26.3.